The van der Waals surface area contributed by atoms with E-state index >= 15 is 0 Å². The Morgan fingerprint density at radius 1 is 1.56 bits per heavy atom. The first-order chi connectivity index (χ1) is 8.43. The largest absolute Gasteiger partial charge is 0.490 e. The summed E-state index contributed by atoms with van der Waals surface area (Å²) in [5.41, 5.74) is 0.733. The van der Waals surface area contributed by atoms with E-state index in [4.69, 9.17) is 4.74 Å². The minimum Gasteiger partial charge on any atom is -0.490 e. The molecule has 0 aromatic heterocycles. The quantitative estimate of drug-likeness (QED) is 0.736. The summed E-state index contributed by atoms with van der Waals surface area (Å²) in [5, 5.41) is 0. The Bertz CT molecular complexity index is 504. The number of carbonyl (C=O) groups excluding carboxylic acids is 1. The van der Waals surface area contributed by atoms with Crippen molar-refractivity contribution in [1.29, 1.82) is 0 Å². The third-order valence-corrected chi connectivity index (χ3v) is 4.22. The number of nitrogens with zero attached hydrogens (tertiary/aromatic N) is 1. The number of fused-ring (bicyclic) bond motifs is 1. The van der Waals surface area contributed by atoms with Gasteiger partial charge in [0.15, 0.2) is 11.6 Å². The topological polar surface area (TPSA) is 29.5 Å². The molecule has 0 saturated heterocycles. The molecule has 3 nitrogen and oxygen atoms in total. The van der Waals surface area contributed by atoms with Gasteiger partial charge in [0.05, 0.1) is 12.2 Å². The van der Waals surface area contributed by atoms with Crippen molar-refractivity contribution < 1.29 is 13.9 Å². The summed E-state index contributed by atoms with van der Waals surface area (Å²) in [6.45, 7) is 4.01. The minimum atomic E-state index is -0.462. The van der Waals surface area contributed by atoms with Gasteiger partial charge in [0.1, 0.15) is 0 Å². The summed E-state index contributed by atoms with van der Waals surface area (Å²) in [6, 6.07) is 1.71. The van der Waals surface area contributed by atoms with Gasteiger partial charge < -0.3 is 9.64 Å². The van der Waals surface area contributed by atoms with Crippen molar-refractivity contribution in [3.63, 3.8) is 0 Å². The summed E-state index contributed by atoms with van der Waals surface area (Å²) in [5.74, 6) is -0.605. The zero-order chi connectivity index (χ0) is 13.4. The summed E-state index contributed by atoms with van der Waals surface area (Å²) in [4.78, 5) is 13.9. The molecule has 18 heavy (non-hydrogen) atoms. The molecule has 1 aromatic carbocycles. The van der Waals surface area contributed by atoms with Crippen molar-refractivity contribution in [3.05, 3.63) is 27.5 Å². The van der Waals surface area contributed by atoms with Gasteiger partial charge in [0.2, 0.25) is 0 Å². The van der Waals surface area contributed by atoms with Crippen molar-refractivity contribution in [2.45, 2.75) is 26.3 Å². The molecule has 2 rings (SSSR count). The van der Waals surface area contributed by atoms with Crippen molar-refractivity contribution in [1.82, 2.24) is 4.90 Å². The first-order valence-electron chi connectivity index (χ1n) is 5.82. The van der Waals surface area contributed by atoms with E-state index in [-0.39, 0.29) is 23.3 Å². The molecule has 0 aliphatic carbocycles. The highest BCUT2D eigenvalue weighted by molar-refractivity contribution is 9.10. The van der Waals surface area contributed by atoms with Crippen LogP contribution in [0.3, 0.4) is 0 Å². The highest BCUT2D eigenvalue weighted by Gasteiger charge is 2.27. The van der Waals surface area contributed by atoms with E-state index < -0.39 is 5.82 Å². The molecule has 0 saturated carbocycles. The van der Waals surface area contributed by atoms with Crippen LogP contribution in [0.15, 0.2) is 10.5 Å². The molecule has 1 atom stereocenters. The Morgan fingerprint density at radius 3 is 2.89 bits per heavy atom. The third-order valence-electron chi connectivity index (χ3n) is 3.40. The molecule has 0 fully saturated rings. The Balaban J connectivity index is 2.59. The Hall–Kier alpha value is -1.10. The van der Waals surface area contributed by atoms with Gasteiger partial charge in [0, 0.05) is 29.5 Å². The van der Waals surface area contributed by atoms with Crippen LogP contribution in [0.5, 0.6) is 5.75 Å². The predicted octanol–water partition coefficient (Wildman–Crippen LogP) is 3.14. The van der Waals surface area contributed by atoms with Gasteiger partial charge in [-0.1, -0.05) is 15.9 Å². The number of hydrogen-bond donors (Lipinski definition) is 0. The van der Waals surface area contributed by atoms with E-state index in [1.807, 2.05) is 6.92 Å². The standard InChI is InChI=1S/C13H15BrFNO2/c1-7-4-5-18-12-9(13(17)16(7)3)6-10(14)8(2)11(12)15/h6-7H,4-5H2,1-3H3/t7-/m0/s1. The number of halogens is 2. The summed E-state index contributed by atoms with van der Waals surface area (Å²) < 4.78 is 20.2. The highest BCUT2D eigenvalue weighted by Crippen LogP contribution is 2.33. The van der Waals surface area contributed by atoms with E-state index in [1.54, 1.807) is 24.9 Å². The fourth-order valence-corrected chi connectivity index (χ4v) is 2.31. The number of carbonyl (C=O) groups is 1. The number of amides is 1. The molecule has 1 amide bonds. The normalized spacial score (nSPS) is 19.9. The summed E-state index contributed by atoms with van der Waals surface area (Å²) in [7, 11) is 1.73. The predicted molar refractivity (Wildman–Crippen MR) is 70.5 cm³/mol. The van der Waals surface area contributed by atoms with Crippen LogP contribution in [-0.2, 0) is 0 Å². The maximum atomic E-state index is 14.1. The van der Waals surface area contributed by atoms with Crippen LogP contribution in [0.1, 0.15) is 29.3 Å². The second kappa shape index (κ2) is 4.88. The number of hydrogen-bond acceptors (Lipinski definition) is 2. The lowest BCUT2D eigenvalue weighted by Crippen LogP contribution is -2.38. The lowest BCUT2D eigenvalue weighted by Gasteiger charge is -2.29. The zero-order valence-electron chi connectivity index (χ0n) is 10.6. The Kier molecular flexibility index (Phi) is 3.61. The molecule has 0 bridgehead atoms. The average Bonchev–Trinajstić information content (AvgIpc) is 2.35. The Morgan fingerprint density at radius 2 is 2.22 bits per heavy atom. The second-order valence-corrected chi connectivity index (χ2v) is 5.43. The lowest BCUT2D eigenvalue weighted by molar-refractivity contribution is 0.0697. The van der Waals surface area contributed by atoms with Crippen LogP contribution in [0.2, 0.25) is 0 Å². The van der Waals surface area contributed by atoms with Crippen molar-refractivity contribution in [2.75, 3.05) is 13.7 Å². The summed E-state index contributed by atoms with van der Waals surface area (Å²) >= 11 is 3.27. The maximum absolute atomic E-state index is 14.1. The maximum Gasteiger partial charge on any atom is 0.257 e. The Labute approximate surface area is 114 Å². The molecule has 5 heteroatoms. The highest BCUT2D eigenvalue weighted by atomic mass is 79.9. The average molecular weight is 316 g/mol. The van der Waals surface area contributed by atoms with Crippen LogP contribution in [-0.4, -0.2) is 30.5 Å². The summed E-state index contributed by atoms with van der Waals surface area (Å²) in [6.07, 6.45) is 0.691. The second-order valence-electron chi connectivity index (χ2n) is 4.58. The first-order valence-corrected chi connectivity index (χ1v) is 6.61. The van der Waals surface area contributed by atoms with Crippen LogP contribution >= 0.6 is 15.9 Å². The van der Waals surface area contributed by atoms with Crippen molar-refractivity contribution >= 4 is 21.8 Å². The van der Waals surface area contributed by atoms with E-state index in [9.17, 15) is 9.18 Å². The van der Waals surface area contributed by atoms with E-state index in [0.29, 0.717) is 23.1 Å². The molecule has 98 valence electrons. The van der Waals surface area contributed by atoms with Gasteiger partial charge in [-0.15, -0.1) is 0 Å². The molecule has 0 radical (unpaired) electrons. The molecule has 0 unspecified atom stereocenters. The van der Waals surface area contributed by atoms with Crippen LogP contribution in [0.4, 0.5) is 4.39 Å². The minimum absolute atomic E-state index is 0.0689. The monoisotopic (exact) mass is 315 g/mol. The molecule has 0 N–H and O–H groups in total. The van der Waals surface area contributed by atoms with Crippen LogP contribution < -0.4 is 4.74 Å². The van der Waals surface area contributed by atoms with Gasteiger partial charge >= 0.3 is 0 Å². The smallest absolute Gasteiger partial charge is 0.257 e. The molecule has 1 aliphatic heterocycles. The first kappa shape index (κ1) is 13.3. The fourth-order valence-electron chi connectivity index (χ4n) is 1.91. The van der Waals surface area contributed by atoms with Crippen molar-refractivity contribution in [3.8, 4) is 5.75 Å². The van der Waals surface area contributed by atoms with E-state index in [0.717, 1.165) is 0 Å². The fraction of sp³-hybridized carbons (Fsp3) is 0.462. The number of ether oxygens (including phenoxy) is 1. The molecule has 1 aromatic rings. The van der Waals surface area contributed by atoms with Gasteiger partial charge in [-0.2, -0.15) is 0 Å². The van der Waals surface area contributed by atoms with Gasteiger partial charge in [-0.3, -0.25) is 4.79 Å². The molecule has 1 heterocycles. The van der Waals surface area contributed by atoms with E-state index in [1.165, 1.54) is 0 Å². The molecular weight excluding hydrogens is 301 g/mol. The molecular formula is C13H15BrFNO2. The molecule has 0 spiro atoms. The van der Waals surface area contributed by atoms with Gasteiger partial charge in [-0.25, -0.2) is 4.39 Å². The van der Waals surface area contributed by atoms with Crippen LogP contribution in [0, 0.1) is 12.7 Å². The number of benzene rings is 1. The van der Waals surface area contributed by atoms with Gasteiger partial charge in [-0.05, 0) is 19.9 Å². The van der Waals surface area contributed by atoms with Gasteiger partial charge in [0.25, 0.3) is 5.91 Å². The number of rotatable bonds is 0. The molecule has 1 aliphatic rings. The van der Waals surface area contributed by atoms with Crippen molar-refractivity contribution in [2.24, 2.45) is 0 Å². The third kappa shape index (κ3) is 2.11. The lowest BCUT2D eigenvalue weighted by atomic mass is 10.1. The SMILES string of the molecule is Cc1c(Br)cc2c(c1F)OCC[C@H](C)N(C)C2=O. The van der Waals surface area contributed by atoms with Crippen LogP contribution in [0.25, 0.3) is 0 Å². The zero-order valence-corrected chi connectivity index (χ0v) is 12.2. The van der Waals surface area contributed by atoms with E-state index in [2.05, 4.69) is 15.9 Å².